The summed E-state index contributed by atoms with van der Waals surface area (Å²) in [5.74, 6) is 2.12. The van der Waals surface area contributed by atoms with E-state index in [0.29, 0.717) is 5.75 Å². The molecule has 174 valence electrons. The van der Waals surface area contributed by atoms with Crippen molar-refractivity contribution in [2.45, 2.75) is 37.1 Å². The van der Waals surface area contributed by atoms with E-state index in [2.05, 4.69) is 55.2 Å². The molecule has 8 heteroatoms. The molecule has 0 saturated carbocycles. The summed E-state index contributed by atoms with van der Waals surface area (Å²) in [4.78, 5) is 10.5. The number of hydrogen-bond donors (Lipinski definition) is 0. The van der Waals surface area contributed by atoms with Crippen molar-refractivity contribution < 1.29 is 9.66 Å². The van der Waals surface area contributed by atoms with Crippen molar-refractivity contribution in [2.24, 2.45) is 0 Å². The molecule has 0 bridgehead atoms. The maximum absolute atomic E-state index is 10.9. The van der Waals surface area contributed by atoms with Crippen molar-refractivity contribution in [3.8, 4) is 22.8 Å². The van der Waals surface area contributed by atoms with Crippen LogP contribution >= 0.6 is 11.8 Å². The molecule has 0 unspecified atom stereocenters. The van der Waals surface area contributed by atoms with E-state index in [1.807, 2.05) is 28.8 Å². The number of benzene rings is 3. The summed E-state index contributed by atoms with van der Waals surface area (Å²) >= 11 is 1.53. The van der Waals surface area contributed by atoms with Gasteiger partial charge in [0.2, 0.25) is 0 Å². The quantitative estimate of drug-likeness (QED) is 0.174. The highest BCUT2D eigenvalue weighted by atomic mass is 32.2. The Morgan fingerprint density at radius 2 is 1.59 bits per heavy atom. The Kier molecular flexibility index (Phi) is 6.70. The van der Waals surface area contributed by atoms with Crippen LogP contribution in [0, 0.1) is 10.1 Å². The molecule has 7 nitrogen and oxygen atoms in total. The van der Waals surface area contributed by atoms with E-state index in [9.17, 15) is 10.1 Å². The standard InChI is InChI=1S/C26H26N4O3S/c1-26(2,3)20-9-7-19(8-10-20)24-27-28-25(29(24)21-13-15-23(33-4)16-14-21)34-17-18-5-11-22(12-6-18)30(31)32/h5-16H,17H2,1-4H3. The molecule has 4 aromatic rings. The number of nitro groups is 1. The lowest BCUT2D eigenvalue weighted by atomic mass is 9.87. The van der Waals surface area contributed by atoms with E-state index in [0.717, 1.165) is 33.5 Å². The van der Waals surface area contributed by atoms with E-state index >= 15 is 0 Å². The zero-order valence-electron chi connectivity index (χ0n) is 19.6. The molecule has 0 N–H and O–H groups in total. The van der Waals surface area contributed by atoms with E-state index in [1.54, 1.807) is 19.2 Å². The fourth-order valence-electron chi connectivity index (χ4n) is 3.50. The number of hydrogen-bond acceptors (Lipinski definition) is 6. The smallest absolute Gasteiger partial charge is 0.269 e. The molecule has 1 heterocycles. The van der Waals surface area contributed by atoms with Gasteiger partial charge in [-0.1, -0.05) is 68.9 Å². The fraction of sp³-hybridized carbons (Fsp3) is 0.231. The van der Waals surface area contributed by atoms with Gasteiger partial charge in [0.05, 0.1) is 12.0 Å². The molecule has 0 aliphatic heterocycles. The van der Waals surface area contributed by atoms with Gasteiger partial charge in [-0.15, -0.1) is 10.2 Å². The highest BCUT2D eigenvalue weighted by Crippen LogP contribution is 2.32. The molecule has 0 amide bonds. The number of thioether (sulfide) groups is 1. The number of aromatic nitrogens is 3. The van der Waals surface area contributed by atoms with Gasteiger partial charge in [-0.3, -0.25) is 14.7 Å². The Morgan fingerprint density at radius 1 is 0.941 bits per heavy atom. The molecular formula is C26H26N4O3S. The first-order valence-corrected chi connectivity index (χ1v) is 11.8. The SMILES string of the molecule is COc1ccc(-n2c(SCc3ccc([N+](=O)[O-])cc3)nnc2-c2ccc(C(C)(C)C)cc2)cc1. The first-order valence-electron chi connectivity index (χ1n) is 10.8. The molecule has 0 aliphatic carbocycles. The topological polar surface area (TPSA) is 83.1 Å². The van der Waals surface area contributed by atoms with Gasteiger partial charge in [0.1, 0.15) is 5.75 Å². The van der Waals surface area contributed by atoms with Crippen LogP contribution in [0.2, 0.25) is 0 Å². The lowest BCUT2D eigenvalue weighted by molar-refractivity contribution is -0.384. The summed E-state index contributed by atoms with van der Waals surface area (Å²) < 4.78 is 7.34. The minimum absolute atomic E-state index is 0.0634. The molecule has 3 aromatic carbocycles. The van der Waals surface area contributed by atoms with Crippen molar-refractivity contribution in [3.63, 3.8) is 0 Å². The number of methoxy groups -OCH3 is 1. The maximum Gasteiger partial charge on any atom is 0.269 e. The minimum Gasteiger partial charge on any atom is -0.497 e. The van der Waals surface area contributed by atoms with Crippen molar-refractivity contribution >= 4 is 17.4 Å². The van der Waals surface area contributed by atoms with E-state index in [1.165, 1.54) is 29.5 Å². The summed E-state index contributed by atoms with van der Waals surface area (Å²) in [5, 5.41) is 20.7. The third-order valence-electron chi connectivity index (χ3n) is 5.49. The lowest BCUT2D eigenvalue weighted by Crippen LogP contribution is -2.10. The average Bonchev–Trinajstić information content (AvgIpc) is 3.26. The first-order chi connectivity index (χ1) is 16.3. The van der Waals surface area contributed by atoms with Crippen LogP contribution in [0.4, 0.5) is 5.69 Å². The fourth-order valence-corrected chi connectivity index (χ4v) is 4.40. The summed E-state index contributed by atoms with van der Waals surface area (Å²) in [5.41, 5.74) is 4.26. The van der Waals surface area contributed by atoms with E-state index < -0.39 is 4.92 Å². The highest BCUT2D eigenvalue weighted by molar-refractivity contribution is 7.98. The summed E-state index contributed by atoms with van der Waals surface area (Å²) in [6.07, 6.45) is 0. The van der Waals surface area contributed by atoms with Gasteiger partial charge in [0, 0.05) is 29.1 Å². The molecule has 1 aromatic heterocycles. The predicted octanol–water partition coefficient (Wildman–Crippen LogP) is 6.44. The Balaban J connectivity index is 1.68. The third-order valence-corrected chi connectivity index (χ3v) is 6.49. The van der Waals surface area contributed by atoms with Gasteiger partial charge in [-0.05, 0) is 40.8 Å². The largest absolute Gasteiger partial charge is 0.497 e. The number of nitrogens with zero attached hydrogens (tertiary/aromatic N) is 4. The van der Waals surface area contributed by atoms with Crippen LogP contribution in [0.25, 0.3) is 17.1 Å². The van der Waals surface area contributed by atoms with Gasteiger partial charge >= 0.3 is 0 Å². The zero-order chi connectivity index (χ0) is 24.3. The molecule has 0 spiro atoms. The van der Waals surface area contributed by atoms with Crippen molar-refractivity contribution in [1.82, 2.24) is 14.8 Å². The Bertz CT molecular complexity index is 1280. The van der Waals surface area contributed by atoms with Crippen LogP contribution in [-0.4, -0.2) is 26.8 Å². The Morgan fingerprint density at radius 3 is 2.15 bits per heavy atom. The van der Waals surface area contributed by atoms with Crippen LogP contribution < -0.4 is 4.74 Å². The summed E-state index contributed by atoms with van der Waals surface area (Å²) in [6.45, 7) is 6.57. The molecule has 4 rings (SSSR count). The van der Waals surface area contributed by atoms with Gasteiger partial charge in [0.25, 0.3) is 5.69 Å². The van der Waals surface area contributed by atoms with Crippen molar-refractivity contribution in [1.29, 1.82) is 0 Å². The van der Waals surface area contributed by atoms with Gasteiger partial charge < -0.3 is 4.74 Å². The van der Waals surface area contributed by atoms with Gasteiger partial charge in [-0.25, -0.2) is 0 Å². The van der Waals surface area contributed by atoms with Crippen LogP contribution in [0.5, 0.6) is 5.75 Å². The number of rotatable bonds is 7. The third kappa shape index (κ3) is 5.12. The Hall–Kier alpha value is -3.65. The zero-order valence-corrected chi connectivity index (χ0v) is 20.4. The molecule has 34 heavy (non-hydrogen) atoms. The van der Waals surface area contributed by atoms with Crippen LogP contribution in [-0.2, 0) is 11.2 Å². The first kappa shape index (κ1) is 23.5. The molecule has 0 atom stereocenters. The van der Waals surface area contributed by atoms with E-state index in [-0.39, 0.29) is 11.1 Å². The molecule has 0 radical (unpaired) electrons. The molecular weight excluding hydrogens is 448 g/mol. The monoisotopic (exact) mass is 474 g/mol. The second kappa shape index (κ2) is 9.69. The van der Waals surface area contributed by atoms with E-state index in [4.69, 9.17) is 4.74 Å². The summed E-state index contributed by atoms with van der Waals surface area (Å²) in [6, 6.07) is 22.8. The van der Waals surface area contributed by atoms with Crippen molar-refractivity contribution in [2.75, 3.05) is 7.11 Å². The molecule has 0 saturated heterocycles. The molecule has 0 aliphatic rings. The van der Waals surface area contributed by atoms with Gasteiger partial charge in [-0.2, -0.15) is 0 Å². The van der Waals surface area contributed by atoms with Crippen LogP contribution in [0.3, 0.4) is 0 Å². The Labute approximate surface area is 203 Å². The predicted molar refractivity (Wildman–Crippen MR) is 135 cm³/mol. The minimum atomic E-state index is -0.394. The highest BCUT2D eigenvalue weighted by Gasteiger charge is 2.18. The van der Waals surface area contributed by atoms with Gasteiger partial charge in [0.15, 0.2) is 11.0 Å². The number of non-ortho nitro benzene ring substituents is 1. The average molecular weight is 475 g/mol. The van der Waals surface area contributed by atoms with Crippen LogP contribution in [0.1, 0.15) is 31.9 Å². The molecule has 0 fully saturated rings. The van der Waals surface area contributed by atoms with Crippen LogP contribution in [0.15, 0.2) is 78.0 Å². The second-order valence-corrected chi connectivity index (χ2v) is 9.82. The number of ether oxygens (including phenoxy) is 1. The summed E-state index contributed by atoms with van der Waals surface area (Å²) in [7, 11) is 1.64. The number of nitro benzene ring substituents is 1. The maximum atomic E-state index is 10.9. The van der Waals surface area contributed by atoms with Crippen molar-refractivity contribution in [3.05, 3.63) is 94.0 Å². The normalized spacial score (nSPS) is 11.4. The second-order valence-electron chi connectivity index (χ2n) is 8.88. The lowest BCUT2D eigenvalue weighted by Gasteiger charge is -2.19.